The summed E-state index contributed by atoms with van der Waals surface area (Å²) in [5.41, 5.74) is 1.60. The first-order valence-electron chi connectivity index (χ1n) is 8.48. The topological polar surface area (TPSA) is 79.9 Å². The summed E-state index contributed by atoms with van der Waals surface area (Å²) in [5, 5.41) is 10.2. The van der Waals surface area contributed by atoms with Gasteiger partial charge in [0.1, 0.15) is 11.6 Å². The number of aryl methyl sites for hydroxylation is 1. The monoisotopic (exact) mass is 348 g/mol. The molecular formula is C18H25FN4O2. The molecule has 1 aromatic carbocycles. The first-order valence-corrected chi connectivity index (χ1v) is 8.48. The number of carbonyl (C=O) groups is 1. The summed E-state index contributed by atoms with van der Waals surface area (Å²) in [6.07, 6.45) is 0.817. The first-order chi connectivity index (χ1) is 11.9. The number of H-pyrrole nitrogens is 1. The molecule has 2 aromatic rings. The summed E-state index contributed by atoms with van der Waals surface area (Å²) in [4.78, 5) is 16.0. The van der Waals surface area contributed by atoms with Crippen molar-refractivity contribution < 1.29 is 13.9 Å². The lowest BCUT2D eigenvalue weighted by atomic mass is 10.0. The Bertz CT molecular complexity index is 715. The van der Waals surface area contributed by atoms with Gasteiger partial charge in [-0.2, -0.15) is 0 Å². The second-order valence-electron chi connectivity index (χ2n) is 6.41. The molecule has 0 spiro atoms. The van der Waals surface area contributed by atoms with Gasteiger partial charge >= 0.3 is 5.97 Å². The van der Waals surface area contributed by atoms with Crippen molar-refractivity contribution in [2.75, 3.05) is 6.61 Å². The number of halogens is 1. The molecule has 7 heteroatoms. The summed E-state index contributed by atoms with van der Waals surface area (Å²) in [6, 6.07) is 4.95. The normalized spacial score (nSPS) is 12.4. The van der Waals surface area contributed by atoms with E-state index in [2.05, 4.69) is 34.3 Å². The predicted octanol–water partition coefficient (Wildman–Crippen LogP) is 3.31. The van der Waals surface area contributed by atoms with Crippen molar-refractivity contribution in [1.29, 1.82) is 0 Å². The Balaban J connectivity index is 2.10. The number of rotatable bonds is 8. The molecule has 0 aliphatic rings. The van der Waals surface area contributed by atoms with E-state index in [-0.39, 0.29) is 24.3 Å². The smallest absolute Gasteiger partial charge is 0.378 e. The van der Waals surface area contributed by atoms with Crippen molar-refractivity contribution in [2.45, 2.75) is 46.7 Å². The van der Waals surface area contributed by atoms with E-state index in [1.54, 1.807) is 19.9 Å². The van der Waals surface area contributed by atoms with Crippen LogP contribution in [0, 0.1) is 18.7 Å². The van der Waals surface area contributed by atoms with Crippen LogP contribution in [0.1, 0.15) is 60.8 Å². The van der Waals surface area contributed by atoms with Gasteiger partial charge in [0.05, 0.1) is 12.6 Å². The number of benzene rings is 1. The zero-order chi connectivity index (χ0) is 18.4. The minimum Gasteiger partial charge on any atom is -0.460 e. The number of nitrogens with zero attached hydrogens (tertiary/aromatic N) is 2. The van der Waals surface area contributed by atoms with Gasteiger partial charge in [-0.3, -0.25) is 5.10 Å². The molecular weight excluding hydrogens is 323 g/mol. The highest BCUT2D eigenvalue weighted by Gasteiger charge is 2.20. The Morgan fingerprint density at radius 3 is 2.80 bits per heavy atom. The lowest BCUT2D eigenvalue weighted by molar-refractivity contribution is 0.0512. The number of nitrogens with one attached hydrogen (secondary N) is 2. The predicted molar refractivity (Wildman–Crippen MR) is 92.5 cm³/mol. The zero-order valence-corrected chi connectivity index (χ0v) is 15.1. The number of aromatic nitrogens is 3. The van der Waals surface area contributed by atoms with Gasteiger partial charge in [-0.1, -0.05) is 26.0 Å². The molecule has 0 saturated heterocycles. The highest BCUT2D eigenvalue weighted by atomic mass is 19.1. The Labute approximate surface area is 147 Å². The van der Waals surface area contributed by atoms with Crippen molar-refractivity contribution in [3.05, 3.63) is 46.8 Å². The minimum absolute atomic E-state index is 0.0324. The largest absolute Gasteiger partial charge is 0.460 e. The van der Waals surface area contributed by atoms with Gasteiger partial charge in [0, 0.05) is 6.54 Å². The third-order valence-electron chi connectivity index (χ3n) is 3.77. The number of aromatic amines is 1. The molecule has 0 unspecified atom stereocenters. The Morgan fingerprint density at radius 1 is 1.40 bits per heavy atom. The third-order valence-corrected chi connectivity index (χ3v) is 3.77. The molecule has 1 atom stereocenters. The van der Waals surface area contributed by atoms with Crippen LogP contribution in [0.15, 0.2) is 18.2 Å². The van der Waals surface area contributed by atoms with Gasteiger partial charge in [0.25, 0.3) is 5.82 Å². The summed E-state index contributed by atoms with van der Waals surface area (Å²) in [7, 11) is 0. The van der Waals surface area contributed by atoms with Gasteiger partial charge in [0.15, 0.2) is 0 Å². The molecule has 0 fully saturated rings. The Kier molecular flexibility index (Phi) is 6.64. The second kappa shape index (κ2) is 8.71. The molecule has 0 saturated carbocycles. The maximum atomic E-state index is 13.4. The van der Waals surface area contributed by atoms with Crippen LogP contribution in [-0.4, -0.2) is 27.8 Å². The number of hydrogen-bond donors (Lipinski definition) is 2. The highest BCUT2D eigenvalue weighted by Crippen LogP contribution is 2.19. The number of hydrogen-bond acceptors (Lipinski definition) is 5. The summed E-state index contributed by atoms with van der Waals surface area (Å²) in [5.74, 6) is 0.295. The van der Waals surface area contributed by atoms with E-state index >= 15 is 0 Å². The van der Waals surface area contributed by atoms with Crippen LogP contribution >= 0.6 is 0 Å². The fourth-order valence-electron chi connectivity index (χ4n) is 2.54. The molecule has 0 amide bonds. The van der Waals surface area contributed by atoms with Crippen LogP contribution in [0.4, 0.5) is 4.39 Å². The second-order valence-corrected chi connectivity index (χ2v) is 6.41. The molecule has 1 aromatic heterocycles. The van der Waals surface area contributed by atoms with Gasteiger partial charge in [0.2, 0.25) is 0 Å². The Morgan fingerprint density at radius 2 is 2.16 bits per heavy atom. The first kappa shape index (κ1) is 19.1. The molecule has 2 rings (SSSR count). The van der Waals surface area contributed by atoms with Crippen molar-refractivity contribution in [3.8, 4) is 0 Å². The van der Waals surface area contributed by atoms with Crippen LogP contribution in [0.2, 0.25) is 0 Å². The molecule has 25 heavy (non-hydrogen) atoms. The number of carbonyl (C=O) groups excluding carboxylic acids is 1. The van der Waals surface area contributed by atoms with Gasteiger partial charge in [-0.25, -0.2) is 14.2 Å². The summed E-state index contributed by atoms with van der Waals surface area (Å²) in [6.45, 7) is 8.54. The molecule has 2 N–H and O–H groups in total. The van der Waals surface area contributed by atoms with Gasteiger partial charge in [-0.15, -0.1) is 5.10 Å². The van der Waals surface area contributed by atoms with Crippen molar-refractivity contribution >= 4 is 5.97 Å². The van der Waals surface area contributed by atoms with E-state index < -0.39 is 5.97 Å². The van der Waals surface area contributed by atoms with E-state index in [0.29, 0.717) is 23.9 Å². The SMILES string of the molecule is CCOC(=O)c1n[nH]c([C@H](CC(C)C)NCc2ccc(F)c(C)c2)n1. The summed E-state index contributed by atoms with van der Waals surface area (Å²) >= 11 is 0. The van der Waals surface area contributed by atoms with Gasteiger partial charge in [-0.05, 0) is 43.4 Å². The van der Waals surface area contributed by atoms with E-state index in [4.69, 9.17) is 4.74 Å². The third kappa shape index (κ3) is 5.35. The molecule has 0 aliphatic carbocycles. The van der Waals surface area contributed by atoms with Crippen LogP contribution in [0.25, 0.3) is 0 Å². The van der Waals surface area contributed by atoms with Crippen molar-refractivity contribution in [3.63, 3.8) is 0 Å². The van der Waals surface area contributed by atoms with E-state index in [0.717, 1.165) is 12.0 Å². The van der Waals surface area contributed by atoms with Crippen LogP contribution in [0.5, 0.6) is 0 Å². The van der Waals surface area contributed by atoms with Crippen LogP contribution < -0.4 is 5.32 Å². The molecule has 1 heterocycles. The lowest BCUT2D eigenvalue weighted by Gasteiger charge is -2.18. The average Bonchev–Trinajstić information content (AvgIpc) is 3.04. The highest BCUT2D eigenvalue weighted by molar-refractivity contribution is 5.84. The standard InChI is InChI=1S/C18H25FN4O2/c1-5-25-18(24)17-21-16(22-23-17)15(8-11(2)3)20-10-13-6-7-14(19)12(4)9-13/h6-7,9,11,15,20H,5,8,10H2,1-4H3,(H,21,22,23)/t15-/m0/s1. The molecule has 0 aliphatic heterocycles. The average molecular weight is 348 g/mol. The maximum Gasteiger partial charge on any atom is 0.378 e. The van der Waals surface area contributed by atoms with Gasteiger partial charge < -0.3 is 10.1 Å². The minimum atomic E-state index is -0.539. The van der Waals surface area contributed by atoms with E-state index in [1.165, 1.54) is 6.07 Å². The molecule has 6 nitrogen and oxygen atoms in total. The fraction of sp³-hybridized carbons (Fsp3) is 0.500. The number of esters is 1. The Hall–Kier alpha value is -2.28. The zero-order valence-electron chi connectivity index (χ0n) is 15.1. The summed E-state index contributed by atoms with van der Waals surface area (Å²) < 4.78 is 18.3. The molecule has 0 bridgehead atoms. The van der Waals surface area contributed by atoms with E-state index in [1.807, 2.05) is 6.07 Å². The lowest BCUT2D eigenvalue weighted by Crippen LogP contribution is -2.24. The maximum absolute atomic E-state index is 13.4. The molecule has 136 valence electrons. The number of ether oxygens (including phenoxy) is 1. The fourth-order valence-corrected chi connectivity index (χ4v) is 2.54. The van der Waals surface area contributed by atoms with Crippen molar-refractivity contribution in [2.24, 2.45) is 5.92 Å². The van der Waals surface area contributed by atoms with E-state index in [9.17, 15) is 9.18 Å². The van der Waals surface area contributed by atoms with Crippen LogP contribution in [-0.2, 0) is 11.3 Å². The quantitative estimate of drug-likeness (QED) is 0.716. The van der Waals surface area contributed by atoms with Crippen LogP contribution in [0.3, 0.4) is 0 Å². The van der Waals surface area contributed by atoms with Crippen molar-refractivity contribution in [1.82, 2.24) is 20.5 Å². The molecule has 0 radical (unpaired) electrons.